The monoisotopic (exact) mass is 466 g/mol. The second-order valence-electron chi connectivity index (χ2n) is 8.45. The van der Waals surface area contributed by atoms with Crippen molar-refractivity contribution in [1.29, 1.82) is 0 Å². The molecule has 0 spiro atoms. The molecule has 1 aliphatic rings. The maximum Gasteiger partial charge on any atom is 0.262 e. The lowest BCUT2D eigenvalue weighted by Crippen LogP contribution is -2.25. The van der Waals surface area contributed by atoms with E-state index in [0.717, 1.165) is 35.7 Å². The lowest BCUT2D eigenvalue weighted by Gasteiger charge is -2.20. The molecule has 1 aliphatic heterocycles. The standard InChI is InChI=1S/C25H30N4O3S/c1-18-17-24(19(2)16-23(18)32-3)33(30,31)28-21-10-8-20(9-11-21)22-12-13-25(27-26-22)29-14-6-4-5-7-15-29/h8-13,16-17,28H,4-7,14-15H2,1-3H3. The smallest absolute Gasteiger partial charge is 0.262 e. The van der Waals surface area contributed by atoms with Gasteiger partial charge < -0.3 is 9.64 Å². The normalized spacial score (nSPS) is 14.6. The highest BCUT2D eigenvalue weighted by Gasteiger charge is 2.19. The van der Waals surface area contributed by atoms with Crippen molar-refractivity contribution in [2.75, 3.05) is 29.8 Å². The number of methoxy groups -OCH3 is 1. The molecular formula is C25H30N4O3S. The van der Waals surface area contributed by atoms with Crippen LogP contribution in [0.15, 0.2) is 53.4 Å². The lowest BCUT2D eigenvalue weighted by molar-refractivity contribution is 0.411. The molecule has 0 aliphatic carbocycles. The molecule has 8 heteroatoms. The zero-order chi connectivity index (χ0) is 23.4. The average Bonchev–Trinajstić information content (AvgIpc) is 3.10. The van der Waals surface area contributed by atoms with E-state index in [9.17, 15) is 8.42 Å². The van der Waals surface area contributed by atoms with Crippen LogP contribution < -0.4 is 14.4 Å². The molecule has 1 N–H and O–H groups in total. The first-order valence-corrected chi connectivity index (χ1v) is 12.7. The number of ether oxygens (including phenoxy) is 1. The topological polar surface area (TPSA) is 84.4 Å². The van der Waals surface area contributed by atoms with Crippen LogP contribution in [-0.2, 0) is 10.0 Å². The number of anilines is 2. The highest BCUT2D eigenvalue weighted by molar-refractivity contribution is 7.92. The fourth-order valence-corrected chi connectivity index (χ4v) is 5.51. The van der Waals surface area contributed by atoms with Gasteiger partial charge in [-0.2, -0.15) is 0 Å². The van der Waals surface area contributed by atoms with Crippen molar-refractivity contribution in [3.63, 3.8) is 0 Å². The third-order valence-electron chi connectivity index (χ3n) is 6.00. The summed E-state index contributed by atoms with van der Waals surface area (Å²) in [7, 11) is -2.16. The highest BCUT2D eigenvalue weighted by Crippen LogP contribution is 2.28. The van der Waals surface area contributed by atoms with Crippen molar-refractivity contribution in [1.82, 2.24) is 10.2 Å². The summed E-state index contributed by atoms with van der Waals surface area (Å²) in [5.41, 5.74) is 3.51. The molecular weight excluding hydrogens is 436 g/mol. The number of aryl methyl sites for hydroxylation is 2. The first kappa shape index (κ1) is 23.0. The fourth-order valence-electron chi connectivity index (χ4n) is 4.14. The van der Waals surface area contributed by atoms with Gasteiger partial charge in [-0.3, -0.25) is 4.72 Å². The third-order valence-corrected chi connectivity index (χ3v) is 7.52. The van der Waals surface area contributed by atoms with Gasteiger partial charge in [0.1, 0.15) is 5.75 Å². The van der Waals surface area contributed by atoms with Crippen LogP contribution in [0.4, 0.5) is 11.5 Å². The van der Waals surface area contributed by atoms with Gasteiger partial charge in [-0.1, -0.05) is 25.0 Å². The molecule has 0 bridgehead atoms. The van der Waals surface area contributed by atoms with Gasteiger partial charge in [0, 0.05) is 24.3 Å². The molecule has 7 nitrogen and oxygen atoms in total. The van der Waals surface area contributed by atoms with Crippen molar-refractivity contribution < 1.29 is 13.2 Å². The number of nitrogens with zero attached hydrogens (tertiary/aromatic N) is 3. The van der Waals surface area contributed by atoms with Gasteiger partial charge in [0.05, 0.1) is 17.7 Å². The lowest BCUT2D eigenvalue weighted by atomic mass is 10.1. The molecule has 1 saturated heterocycles. The van der Waals surface area contributed by atoms with Crippen LogP contribution in [0.1, 0.15) is 36.8 Å². The number of benzene rings is 2. The molecule has 0 unspecified atom stereocenters. The van der Waals surface area contributed by atoms with Crippen LogP contribution in [0.2, 0.25) is 0 Å². The third kappa shape index (κ3) is 5.27. The molecule has 0 atom stereocenters. The van der Waals surface area contributed by atoms with Gasteiger partial charge in [0.25, 0.3) is 10.0 Å². The Labute approximate surface area is 195 Å². The molecule has 174 valence electrons. The molecule has 2 aromatic carbocycles. The van der Waals surface area contributed by atoms with Crippen LogP contribution in [0.25, 0.3) is 11.3 Å². The summed E-state index contributed by atoms with van der Waals surface area (Å²) in [6, 6.07) is 14.5. The zero-order valence-corrected chi connectivity index (χ0v) is 20.2. The average molecular weight is 467 g/mol. The molecule has 1 fully saturated rings. The number of hydrogen-bond donors (Lipinski definition) is 1. The van der Waals surface area contributed by atoms with E-state index in [1.165, 1.54) is 25.7 Å². The van der Waals surface area contributed by atoms with E-state index in [1.54, 1.807) is 38.3 Å². The Bertz CT molecular complexity index is 1200. The van der Waals surface area contributed by atoms with E-state index < -0.39 is 10.0 Å². The zero-order valence-electron chi connectivity index (χ0n) is 19.3. The number of nitrogens with one attached hydrogen (secondary N) is 1. The Balaban J connectivity index is 1.49. The second kappa shape index (κ2) is 9.79. The number of rotatable bonds is 6. The summed E-state index contributed by atoms with van der Waals surface area (Å²) < 4.78 is 33.9. The molecule has 3 aromatic rings. The van der Waals surface area contributed by atoms with E-state index in [-0.39, 0.29) is 4.90 Å². The Morgan fingerprint density at radius 1 is 0.879 bits per heavy atom. The van der Waals surface area contributed by atoms with Gasteiger partial charge in [0.2, 0.25) is 0 Å². The van der Waals surface area contributed by atoms with E-state index in [0.29, 0.717) is 17.0 Å². The fraction of sp³-hybridized carbons (Fsp3) is 0.360. The number of aromatic nitrogens is 2. The number of sulfonamides is 1. The van der Waals surface area contributed by atoms with Crippen molar-refractivity contribution in [2.45, 2.75) is 44.4 Å². The summed E-state index contributed by atoms with van der Waals surface area (Å²) in [5.74, 6) is 1.58. The van der Waals surface area contributed by atoms with Crippen LogP contribution >= 0.6 is 0 Å². The minimum atomic E-state index is -3.73. The second-order valence-corrected chi connectivity index (χ2v) is 10.1. The molecule has 0 amide bonds. The van der Waals surface area contributed by atoms with E-state index in [2.05, 4.69) is 19.8 Å². The predicted molar refractivity (Wildman–Crippen MR) is 131 cm³/mol. The van der Waals surface area contributed by atoms with Gasteiger partial charge in [0.15, 0.2) is 5.82 Å². The van der Waals surface area contributed by atoms with E-state index in [4.69, 9.17) is 4.74 Å². The maximum absolute atomic E-state index is 13.0. The van der Waals surface area contributed by atoms with Gasteiger partial charge in [-0.15, -0.1) is 10.2 Å². The number of hydrogen-bond acceptors (Lipinski definition) is 6. The Morgan fingerprint density at radius 2 is 1.58 bits per heavy atom. The first-order chi connectivity index (χ1) is 15.9. The SMILES string of the molecule is COc1cc(C)c(S(=O)(=O)Nc2ccc(-c3ccc(N4CCCCCC4)nn3)cc2)cc1C. The molecule has 0 radical (unpaired) electrons. The van der Waals surface area contributed by atoms with Gasteiger partial charge in [-0.05, 0) is 74.2 Å². The highest BCUT2D eigenvalue weighted by atomic mass is 32.2. The first-order valence-electron chi connectivity index (χ1n) is 11.2. The summed E-state index contributed by atoms with van der Waals surface area (Å²) in [6.45, 7) is 5.63. The molecule has 4 rings (SSSR count). The quantitative estimate of drug-likeness (QED) is 0.553. The maximum atomic E-state index is 13.0. The van der Waals surface area contributed by atoms with Gasteiger partial charge in [-0.25, -0.2) is 8.42 Å². The van der Waals surface area contributed by atoms with E-state index in [1.807, 2.05) is 31.2 Å². The van der Waals surface area contributed by atoms with E-state index >= 15 is 0 Å². The summed E-state index contributed by atoms with van der Waals surface area (Å²) in [4.78, 5) is 2.53. The van der Waals surface area contributed by atoms with Crippen LogP contribution in [0.3, 0.4) is 0 Å². The van der Waals surface area contributed by atoms with Gasteiger partial charge >= 0.3 is 0 Å². The van der Waals surface area contributed by atoms with Crippen molar-refractivity contribution in [3.05, 3.63) is 59.7 Å². The molecule has 33 heavy (non-hydrogen) atoms. The Hall–Kier alpha value is -3.13. The predicted octanol–water partition coefficient (Wildman–Crippen LogP) is 4.95. The molecule has 2 heterocycles. The summed E-state index contributed by atoms with van der Waals surface area (Å²) in [6.07, 6.45) is 4.93. The van der Waals surface area contributed by atoms with Crippen molar-refractivity contribution in [3.8, 4) is 17.0 Å². The van der Waals surface area contributed by atoms with Crippen LogP contribution in [0.5, 0.6) is 5.75 Å². The molecule has 0 saturated carbocycles. The van der Waals surface area contributed by atoms with Crippen molar-refractivity contribution in [2.24, 2.45) is 0 Å². The van der Waals surface area contributed by atoms with Crippen LogP contribution in [-0.4, -0.2) is 38.8 Å². The summed E-state index contributed by atoms with van der Waals surface area (Å²) in [5, 5.41) is 8.83. The Morgan fingerprint density at radius 3 is 2.18 bits per heavy atom. The van der Waals surface area contributed by atoms with Crippen molar-refractivity contribution >= 4 is 21.5 Å². The Kier molecular flexibility index (Phi) is 6.83. The minimum Gasteiger partial charge on any atom is -0.496 e. The van der Waals surface area contributed by atoms with Crippen LogP contribution in [0, 0.1) is 13.8 Å². The minimum absolute atomic E-state index is 0.236. The molecule has 1 aromatic heterocycles. The summed E-state index contributed by atoms with van der Waals surface area (Å²) >= 11 is 0. The largest absolute Gasteiger partial charge is 0.496 e.